The van der Waals surface area contributed by atoms with Gasteiger partial charge < -0.3 is 14.2 Å². The summed E-state index contributed by atoms with van der Waals surface area (Å²) in [7, 11) is 6.96. The number of rotatable bonds is 5. The van der Waals surface area contributed by atoms with E-state index in [0.717, 1.165) is 11.1 Å². The second-order valence-corrected chi connectivity index (χ2v) is 5.68. The van der Waals surface area contributed by atoms with Gasteiger partial charge in [-0.3, -0.25) is 0 Å². The summed E-state index contributed by atoms with van der Waals surface area (Å²) in [5, 5.41) is 1.19. The normalized spacial score (nSPS) is 11.0. The summed E-state index contributed by atoms with van der Waals surface area (Å²) >= 11 is 0. The molecule has 1 heterocycles. The Kier molecular flexibility index (Phi) is 4.89. The summed E-state index contributed by atoms with van der Waals surface area (Å²) in [6.07, 6.45) is 6.15. The Balaban J connectivity index is 2.10. The van der Waals surface area contributed by atoms with E-state index in [1.54, 1.807) is 21.3 Å². The number of nitrogens with zero attached hydrogens (tertiary/aromatic N) is 1. The molecule has 0 N–H and O–H groups in total. The van der Waals surface area contributed by atoms with Crippen molar-refractivity contribution in [3.05, 3.63) is 59.8 Å². The summed E-state index contributed by atoms with van der Waals surface area (Å²) < 4.78 is 18.4. The largest absolute Gasteiger partial charge is 0.496 e. The van der Waals surface area contributed by atoms with Crippen molar-refractivity contribution in [1.29, 1.82) is 0 Å². The molecule has 4 heteroatoms. The highest BCUT2D eigenvalue weighted by Gasteiger charge is 2.12. The van der Waals surface area contributed by atoms with Crippen LogP contribution in [-0.4, -0.2) is 21.3 Å². The second kappa shape index (κ2) is 7.26. The molecule has 0 amide bonds. The average Bonchev–Trinajstić information content (AvgIpc) is 2.67. The number of aromatic nitrogens is 1. The molecule has 1 aromatic heterocycles. The second-order valence-electron chi connectivity index (χ2n) is 5.68. The van der Waals surface area contributed by atoms with Gasteiger partial charge in [0.25, 0.3) is 0 Å². The Labute approximate surface area is 147 Å². The molecule has 25 heavy (non-hydrogen) atoms. The summed E-state index contributed by atoms with van der Waals surface area (Å²) in [6.45, 7) is 0. The number of para-hydroxylation sites is 1. The number of methoxy groups -OCH3 is 3. The summed E-state index contributed by atoms with van der Waals surface area (Å²) in [5.41, 5.74) is 3.19. The zero-order chi connectivity index (χ0) is 17.8. The van der Waals surface area contributed by atoms with Gasteiger partial charge in [0, 0.05) is 24.3 Å². The molecule has 0 radical (unpaired) electrons. The van der Waals surface area contributed by atoms with Gasteiger partial charge >= 0.3 is 0 Å². The van der Waals surface area contributed by atoms with Crippen molar-refractivity contribution in [3.63, 3.8) is 0 Å². The van der Waals surface area contributed by atoms with Crippen LogP contribution in [0.3, 0.4) is 0 Å². The molecule has 0 aliphatic heterocycles. The molecule has 0 bridgehead atoms. The molecule has 3 aromatic rings. The summed E-state index contributed by atoms with van der Waals surface area (Å²) in [5.74, 6) is 2.11. The zero-order valence-corrected chi connectivity index (χ0v) is 14.9. The van der Waals surface area contributed by atoms with E-state index < -0.39 is 0 Å². The van der Waals surface area contributed by atoms with Crippen molar-refractivity contribution >= 4 is 23.1 Å². The monoisotopic (exact) mass is 336 g/mol. The molecule has 128 valence electrons. The molecule has 0 fully saturated rings. The van der Waals surface area contributed by atoms with Crippen LogP contribution in [0.1, 0.15) is 11.1 Å². The number of hydrogen-bond acceptors (Lipinski definition) is 3. The molecule has 0 spiro atoms. The van der Waals surface area contributed by atoms with Crippen LogP contribution in [0, 0.1) is 0 Å². The molecule has 0 saturated heterocycles. The molecule has 2 aromatic carbocycles. The van der Waals surface area contributed by atoms with Crippen molar-refractivity contribution in [2.45, 2.75) is 0 Å². The van der Waals surface area contributed by atoms with Gasteiger partial charge in [0.05, 0.1) is 32.3 Å². The van der Waals surface area contributed by atoms with E-state index in [0.29, 0.717) is 17.2 Å². The van der Waals surface area contributed by atoms with Gasteiger partial charge in [0.1, 0.15) is 24.3 Å². The molecular formula is C21H22NO3+. The first-order valence-corrected chi connectivity index (χ1v) is 8.03. The van der Waals surface area contributed by atoms with Crippen LogP contribution in [0.5, 0.6) is 17.2 Å². The van der Waals surface area contributed by atoms with Crippen LogP contribution in [-0.2, 0) is 7.05 Å². The lowest BCUT2D eigenvalue weighted by Crippen LogP contribution is -2.28. The fourth-order valence-electron chi connectivity index (χ4n) is 2.90. The fourth-order valence-corrected chi connectivity index (χ4v) is 2.90. The number of hydrogen-bond donors (Lipinski definition) is 0. The van der Waals surface area contributed by atoms with E-state index in [2.05, 4.69) is 35.0 Å². The zero-order valence-electron chi connectivity index (χ0n) is 14.9. The number of aryl methyl sites for hydroxylation is 1. The average molecular weight is 336 g/mol. The minimum atomic E-state index is 0.697. The van der Waals surface area contributed by atoms with Gasteiger partial charge in [-0.2, -0.15) is 0 Å². The third-order valence-electron chi connectivity index (χ3n) is 4.26. The van der Waals surface area contributed by atoms with Crippen molar-refractivity contribution in [1.82, 2.24) is 0 Å². The standard InChI is InChI=1S/C21H22NO3/c1-22-12-11-15(17-7-5-6-8-19(17)22)9-10-18-20(24-3)13-16(23-2)14-21(18)25-4/h5-14H,1-4H3/q+1/b10-9+. The van der Waals surface area contributed by atoms with E-state index in [1.165, 1.54) is 10.9 Å². The maximum absolute atomic E-state index is 5.51. The van der Waals surface area contributed by atoms with Crippen LogP contribution in [0.2, 0.25) is 0 Å². The molecular weight excluding hydrogens is 314 g/mol. The van der Waals surface area contributed by atoms with Gasteiger partial charge in [0.15, 0.2) is 6.20 Å². The maximum Gasteiger partial charge on any atom is 0.212 e. The highest BCUT2D eigenvalue weighted by molar-refractivity contribution is 5.89. The molecule has 0 atom stereocenters. The third kappa shape index (κ3) is 3.29. The number of pyridine rings is 1. The quantitative estimate of drug-likeness (QED) is 0.663. The van der Waals surface area contributed by atoms with Gasteiger partial charge in [-0.15, -0.1) is 0 Å². The Hall–Kier alpha value is -3.01. The third-order valence-corrected chi connectivity index (χ3v) is 4.26. The van der Waals surface area contributed by atoms with E-state index in [4.69, 9.17) is 14.2 Å². The fraction of sp³-hybridized carbons (Fsp3) is 0.190. The molecule has 0 aliphatic carbocycles. The van der Waals surface area contributed by atoms with E-state index >= 15 is 0 Å². The van der Waals surface area contributed by atoms with E-state index in [-0.39, 0.29) is 0 Å². The van der Waals surface area contributed by atoms with Crippen LogP contribution in [0.25, 0.3) is 23.1 Å². The number of fused-ring (bicyclic) bond motifs is 1. The smallest absolute Gasteiger partial charge is 0.212 e. The van der Waals surface area contributed by atoms with Crippen molar-refractivity contribution in [2.75, 3.05) is 21.3 Å². The minimum absolute atomic E-state index is 0.697. The topological polar surface area (TPSA) is 31.6 Å². The number of ether oxygens (including phenoxy) is 3. The maximum atomic E-state index is 5.51. The van der Waals surface area contributed by atoms with Crippen LogP contribution in [0.15, 0.2) is 48.7 Å². The lowest BCUT2D eigenvalue weighted by atomic mass is 10.1. The van der Waals surface area contributed by atoms with Crippen LogP contribution < -0.4 is 18.8 Å². The lowest BCUT2D eigenvalue weighted by molar-refractivity contribution is -0.644. The van der Waals surface area contributed by atoms with Gasteiger partial charge in [-0.05, 0) is 17.7 Å². The Morgan fingerprint density at radius 2 is 1.52 bits per heavy atom. The highest BCUT2D eigenvalue weighted by Crippen LogP contribution is 2.35. The first kappa shape index (κ1) is 16.8. The first-order valence-electron chi connectivity index (χ1n) is 8.03. The SMILES string of the molecule is COc1cc(OC)c(/C=C/c2cc[n+](C)c3ccccc23)c(OC)c1. The van der Waals surface area contributed by atoms with Gasteiger partial charge in [-0.25, -0.2) is 4.57 Å². The molecule has 4 nitrogen and oxygen atoms in total. The summed E-state index contributed by atoms with van der Waals surface area (Å²) in [6, 6.07) is 14.1. The Morgan fingerprint density at radius 3 is 2.16 bits per heavy atom. The van der Waals surface area contributed by atoms with Crippen LogP contribution in [0.4, 0.5) is 0 Å². The predicted molar refractivity (Wildman–Crippen MR) is 100 cm³/mol. The molecule has 0 aliphatic rings. The first-order chi connectivity index (χ1) is 12.2. The summed E-state index contributed by atoms with van der Waals surface area (Å²) in [4.78, 5) is 0. The van der Waals surface area contributed by atoms with Crippen molar-refractivity contribution < 1.29 is 18.8 Å². The van der Waals surface area contributed by atoms with Crippen molar-refractivity contribution in [3.8, 4) is 17.2 Å². The predicted octanol–water partition coefficient (Wildman–Crippen LogP) is 3.86. The molecule has 0 unspecified atom stereocenters. The van der Waals surface area contributed by atoms with Crippen LogP contribution >= 0.6 is 0 Å². The number of benzene rings is 2. The van der Waals surface area contributed by atoms with E-state index in [1.807, 2.05) is 37.4 Å². The van der Waals surface area contributed by atoms with E-state index in [9.17, 15) is 0 Å². The minimum Gasteiger partial charge on any atom is -0.496 e. The van der Waals surface area contributed by atoms with Crippen molar-refractivity contribution in [2.24, 2.45) is 7.05 Å². The lowest BCUT2D eigenvalue weighted by Gasteiger charge is -2.12. The Bertz CT molecular complexity index is 907. The Morgan fingerprint density at radius 1 is 0.840 bits per heavy atom. The molecule has 3 rings (SSSR count). The van der Waals surface area contributed by atoms with Gasteiger partial charge in [-0.1, -0.05) is 18.2 Å². The highest BCUT2D eigenvalue weighted by atomic mass is 16.5. The van der Waals surface area contributed by atoms with Gasteiger partial charge in [0.2, 0.25) is 5.52 Å². The molecule has 0 saturated carbocycles.